The molecule has 1 unspecified atom stereocenters. The van der Waals surface area contributed by atoms with Crippen molar-refractivity contribution in [3.05, 3.63) is 29.8 Å². The molecule has 0 aliphatic carbocycles. The average Bonchev–Trinajstić information content (AvgIpc) is 2.68. The van der Waals surface area contributed by atoms with E-state index in [0.29, 0.717) is 6.54 Å². The van der Waals surface area contributed by atoms with Gasteiger partial charge in [-0.05, 0) is 25.5 Å². The maximum Gasteiger partial charge on any atom is 0.304 e. The minimum Gasteiger partial charge on any atom is -0.508 e. The fraction of sp³-hybridized carbons (Fsp3) is 0.462. The zero-order chi connectivity index (χ0) is 12.3. The second kappa shape index (κ2) is 5.19. The van der Waals surface area contributed by atoms with E-state index in [2.05, 4.69) is 4.90 Å². The number of phenolic OH excluding ortho intramolecular Hbond substituents is 1. The molecule has 1 aliphatic heterocycles. The Bertz CT molecular complexity index is 405. The molecule has 0 amide bonds. The SMILES string of the molecule is O=C(O)CC1CCCN1Cc1ccccc1O. The van der Waals surface area contributed by atoms with Crippen molar-refractivity contribution in [3.8, 4) is 5.75 Å². The first-order chi connectivity index (χ1) is 8.16. The van der Waals surface area contributed by atoms with Crippen LogP contribution >= 0.6 is 0 Å². The number of carbonyl (C=O) groups is 1. The Labute approximate surface area is 100 Å². The summed E-state index contributed by atoms with van der Waals surface area (Å²) >= 11 is 0. The molecule has 1 fully saturated rings. The van der Waals surface area contributed by atoms with Gasteiger partial charge in [-0.2, -0.15) is 0 Å². The lowest BCUT2D eigenvalue weighted by Crippen LogP contribution is -2.30. The third kappa shape index (κ3) is 2.97. The number of aliphatic carboxylic acids is 1. The van der Waals surface area contributed by atoms with Crippen LogP contribution in [-0.4, -0.2) is 33.7 Å². The number of nitrogens with zero attached hydrogens (tertiary/aromatic N) is 1. The van der Waals surface area contributed by atoms with Crippen LogP contribution in [0.3, 0.4) is 0 Å². The molecule has 0 radical (unpaired) electrons. The molecule has 4 nitrogen and oxygen atoms in total. The van der Waals surface area contributed by atoms with Crippen LogP contribution < -0.4 is 0 Å². The first-order valence-corrected chi connectivity index (χ1v) is 5.89. The number of likely N-dealkylation sites (tertiary alicyclic amines) is 1. The number of carboxylic acid groups (broad SMARTS) is 1. The highest BCUT2D eigenvalue weighted by molar-refractivity contribution is 5.67. The Morgan fingerprint density at radius 3 is 2.88 bits per heavy atom. The molecular formula is C13H17NO3. The zero-order valence-corrected chi connectivity index (χ0v) is 9.67. The van der Waals surface area contributed by atoms with Gasteiger partial charge in [0.15, 0.2) is 0 Å². The molecule has 1 saturated heterocycles. The van der Waals surface area contributed by atoms with Crippen LogP contribution in [0.4, 0.5) is 0 Å². The van der Waals surface area contributed by atoms with E-state index in [1.165, 1.54) is 0 Å². The van der Waals surface area contributed by atoms with Gasteiger partial charge in [-0.1, -0.05) is 18.2 Å². The zero-order valence-electron chi connectivity index (χ0n) is 9.67. The highest BCUT2D eigenvalue weighted by Gasteiger charge is 2.26. The summed E-state index contributed by atoms with van der Waals surface area (Å²) in [7, 11) is 0. The number of carboxylic acids is 1. The lowest BCUT2D eigenvalue weighted by molar-refractivity contribution is -0.138. The molecule has 1 heterocycles. The summed E-state index contributed by atoms with van der Waals surface area (Å²) < 4.78 is 0. The van der Waals surface area contributed by atoms with Gasteiger partial charge < -0.3 is 10.2 Å². The van der Waals surface area contributed by atoms with E-state index in [4.69, 9.17) is 5.11 Å². The molecule has 17 heavy (non-hydrogen) atoms. The van der Waals surface area contributed by atoms with Gasteiger partial charge in [0.05, 0.1) is 6.42 Å². The topological polar surface area (TPSA) is 60.8 Å². The highest BCUT2D eigenvalue weighted by Crippen LogP contribution is 2.25. The van der Waals surface area contributed by atoms with Gasteiger partial charge in [0.1, 0.15) is 5.75 Å². The van der Waals surface area contributed by atoms with Crippen molar-refractivity contribution >= 4 is 5.97 Å². The maximum absolute atomic E-state index is 10.7. The Morgan fingerprint density at radius 1 is 1.41 bits per heavy atom. The van der Waals surface area contributed by atoms with Gasteiger partial charge >= 0.3 is 5.97 Å². The van der Waals surface area contributed by atoms with Crippen LogP contribution in [0.1, 0.15) is 24.8 Å². The summed E-state index contributed by atoms with van der Waals surface area (Å²) in [6.07, 6.45) is 2.15. The molecule has 2 N–H and O–H groups in total. The van der Waals surface area contributed by atoms with E-state index < -0.39 is 5.97 Å². The summed E-state index contributed by atoms with van der Waals surface area (Å²) in [4.78, 5) is 12.9. The monoisotopic (exact) mass is 235 g/mol. The average molecular weight is 235 g/mol. The first-order valence-electron chi connectivity index (χ1n) is 5.89. The van der Waals surface area contributed by atoms with Gasteiger partial charge in [0.25, 0.3) is 0 Å². The smallest absolute Gasteiger partial charge is 0.304 e. The van der Waals surface area contributed by atoms with Crippen LogP contribution in [0.5, 0.6) is 5.75 Å². The Hall–Kier alpha value is -1.55. The predicted octanol–water partition coefficient (Wildman–Crippen LogP) is 1.83. The van der Waals surface area contributed by atoms with E-state index in [-0.39, 0.29) is 18.2 Å². The van der Waals surface area contributed by atoms with E-state index >= 15 is 0 Å². The van der Waals surface area contributed by atoms with Gasteiger partial charge in [-0.25, -0.2) is 0 Å². The predicted molar refractivity (Wildman–Crippen MR) is 63.8 cm³/mol. The molecule has 1 aliphatic rings. The summed E-state index contributed by atoms with van der Waals surface area (Å²) in [5.74, 6) is -0.465. The van der Waals surface area contributed by atoms with E-state index in [0.717, 1.165) is 24.9 Å². The van der Waals surface area contributed by atoms with Crippen molar-refractivity contribution in [2.24, 2.45) is 0 Å². The molecule has 4 heteroatoms. The van der Waals surface area contributed by atoms with Crippen LogP contribution in [0.15, 0.2) is 24.3 Å². The van der Waals surface area contributed by atoms with Crippen molar-refractivity contribution in [2.75, 3.05) is 6.54 Å². The molecule has 0 aromatic heterocycles. The Balaban J connectivity index is 2.03. The summed E-state index contributed by atoms with van der Waals surface area (Å²) in [6.45, 7) is 1.54. The Kier molecular flexibility index (Phi) is 3.64. The molecular weight excluding hydrogens is 218 g/mol. The molecule has 92 valence electrons. The lowest BCUT2D eigenvalue weighted by atomic mass is 10.1. The molecule has 1 aromatic carbocycles. The van der Waals surface area contributed by atoms with E-state index in [9.17, 15) is 9.90 Å². The minimum absolute atomic E-state index is 0.104. The maximum atomic E-state index is 10.7. The number of rotatable bonds is 4. The fourth-order valence-corrected chi connectivity index (χ4v) is 2.40. The van der Waals surface area contributed by atoms with Gasteiger partial charge in [-0.15, -0.1) is 0 Å². The van der Waals surface area contributed by atoms with Crippen molar-refractivity contribution in [2.45, 2.75) is 31.8 Å². The van der Waals surface area contributed by atoms with Crippen LogP contribution in [0, 0.1) is 0 Å². The molecule has 0 saturated carbocycles. The number of aromatic hydroxyl groups is 1. The van der Waals surface area contributed by atoms with Crippen molar-refractivity contribution in [1.82, 2.24) is 4.90 Å². The number of hydrogen-bond donors (Lipinski definition) is 2. The Morgan fingerprint density at radius 2 is 2.18 bits per heavy atom. The molecule has 0 spiro atoms. The van der Waals surface area contributed by atoms with Crippen LogP contribution in [0.25, 0.3) is 0 Å². The van der Waals surface area contributed by atoms with Crippen LogP contribution in [-0.2, 0) is 11.3 Å². The third-order valence-corrected chi connectivity index (χ3v) is 3.27. The number of hydrogen-bond acceptors (Lipinski definition) is 3. The summed E-state index contributed by atoms with van der Waals surface area (Å²) in [5, 5.41) is 18.5. The minimum atomic E-state index is -0.751. The van der Waals surface area contributed by atoms with Crippen molar-refractivity contribution in [3.63, 3.8) is 0 Å². The fourth-order valence-electron chi connectivity index (χ4n) is 2.40. The van der Waals surface area contributed by atoms with Crippen LogP contribution in [0.2, 0.25) is 0 Å². The molecule has 1 aromatic rings. The second-order valence-corrected chi connectivity index (χ2v) is 4.49. The van der Waals surface area contributed by atoms with Crippen molar-refractivity contribution in [1.29, 1.82) is 0 Å². The van der Waals surface area contributed by atoms with E-state index in [1.54, 1.807) is 12.1 Å². The lowest BCUT2D eigenvalue weighted by Gasteiger charge is -2.23. The summed E-state index contributed by atoms with van der Waals surface area (Å²) in [6, 6.07) is 7.32. The number of benzene rings is 1. The number of phenols is 1. The molecule has 0 bridgehead atoms. The van der Waals surface area contributed by atoms with Gasteiger partial charge in [0, 0.05) is 18.2 Å². The quantitative estimate of drug-likeness (QED) is 0.835. The highest BCUT2D eigenvalue weighted by atomic mass is 16.4. The van der Waals surface area contributed by atoms with Crippen molar-refractivity contribution < 1.29 is 15.0 Å². The van der Waals surface area contributed by atoms with Gasteiger partial charge in [0.2, 0.25) is 0 Å². The molecule has 1 atom stereocenters. The van der Waals surface area contributed by atoms with E-state index in [1.807, 2.05) is 12.1 Å². The number of para-hydroxylation sites is 1. The normalized spacial score (nSPS) is 20.6. The molecule has 2 rings (SSSR count). The largest absolute Gasteiger partial charge is 0.508 e. The van der Waals surface area contributed by atoms with Gasteiger partial charge in [-0.3, -0.25) is 9.69 Å². The standard InChI is InChI=1S/C13H17NO3/c15-12-6-2-1-4-10(12)9-14-7-3-5-11(14)8-13(16)17/h1-2,4,6,11,15H,3,5,7-9H2,(H,16,17). The second-order valence-electron chi connectivity index (χ2n) is 4.49. The first kappa shape index (κ1) is 11.9. The third-order valence-electron chi connectivity index (χ3n) is 3.27. The summed E-state index contributed by atoms with van der Waals surface area (Å²) in [5.41, 5.74) is 0.866.